The number of aromatic nitrogens is 1. The van der Waals surface area contributed by atoms with E-state index in [1.165, 1.54) is 0 Å². The number of halogens is 1. The number of nitrogens with one attached hydrogen (secondary N) is 1. The van der Waals surface area contributed by atoms with Gasteiger partial charge in [0.2, 0.25) is 0 Å². The summed E-state index contributed by atoms with van der Waals surface area (Å²) in [6.45, 7) is 4.53. The summed E-state index contributed by atoms with van der Waals surface area (Å²) in [4.78, 5) is 0. The van der Waals surface area contributed by atoms with Crippen molar-refractivity contribution in [2.75, 3.05) is 13.7 Å². The van der Waals surface area contributed by atoms with E-state index in [1.807, 2.05) is 18.2 Å². The van der Waals surface area contributed by atoms with E-state index in [1.54, 1.807) is 7.11 Å². The number of rotatable bonds is 8. The maximum atomic E-state index is 5.84. The molecule has 1 N–H and O–H groups in total. The SMILES string of the molecule is CCNCc1cc(Br)ccc1OCc1cc(COC)on1. The number of hydrogen-bond acceptors (Lipinski definition) is 5. The van der Waals surface area contributed by atoms with E-state index in [0.717, 1.165) is 34.6 Å². The van der Waals surface area contributed by atoms with Gasteiger partial charge in [-0.15, -0.1) is 0 Å². The molecule has 1 heterocycles. The first kappa shape index (κ1) is 16.0. The molecule has 0 aliphatic carbocycles. The lowest BCUT2D eigenvalue weighted by Crippen LogP contribution is -2.13. The van der Waals surface area contributed by atoms with Gasteiger partial charge in [0, 0.05) is 29.8 Å². The van der Waals surface area contributed by atoms with Crippen molar-refractivity contribution in [1.29, 1.82) is 0 Å². The molecule has 21 heavy (non-hydrogen) atoms. The van der Waals surface area contributed by atoms with Crippen molar-refractivity contribution in [1.82, 2.24) is 10.5 Å². The maximum Gasteiger partial charge on any atom is 0.162 e. The third-order valence-corrected chi connectivity index (χ3v) is 3.35. The molecule has 0 saturated heterocycles. The molecule has 0 aliphatic heterocycles. The van der Waals surface area contributed by atoms with Gasteiger partial charge in [0.25, 0.3) is 0 Å². The van der Waals surface area contributed by atoms with E-state index in [4.69, 9.17) is 14.0 Å². The molecule has 0 radical (unpaired) electrons. The van der Waals surface area contributed by atoms with Crippen LogP contribution in [0.1, 0.15) is 23.9 Å². The Balaban J connectivity index is 2.00. The van der Waals surface area contributed by atoms with Crippen molar-refractivity contribution in [2.24, 2.45) is 0 Å². The van der Waals surface area contributed by atoms with Crippen LogP contribution in [0.3, 0.4) is 0 Å². The first-order chi connectivity index (χ1) is 10.2. The molecule has 0 saturated carbocycles. The van der Waals surface area contributed by atoms with Crippen molar-refractivity contribution in [3.63, 3.8) is 0 Å². The van der Waals surface area contributed by atoms with Gasteiger partial charge >= 0.3 is 0 Å². The van der Waals surface area contributed by atoms with Crippen LogP contribution in [0.25, 0.3) is 0 Å². The fraction of sp³-hybridized carbons (Fsp3) is 0.400. The zero-order valence-corrected chi connectivity index (χ0v) is 13.8. The van der Waals surface area contributed by atoms with Crippen LogP contribution in [0.4, 0.5) is 0 Å². The lowest BCUT2D eigenvalue weighted by Gasteiger charge is -2.11. The largest absolute Gasteiger partial charge is 0.487 e. The molecule has 0 amide bonds. The normalized spacial score (nSPS) is 10.8. The van der Waals surface area contributed by atoms with E-state index in [0.29, 0.717) is 19.0 Å². The average molecular weight is 355 g/mol. The highest BCUT2D eigenvalue weighted by molar-refractivity contribution is 9.10. The molecule has 0 bridgehead atoms. The van der Waals surface area contributed by atoms with Crippen LogP contribution in [0, 0.1) is 0 Å². The lowest BCUT2D eigenvalue weighted by molar-refractivity contribution is 0.155. The molecule has 0 aliphatic rings. The Morgan fingerprint density at radius 1 is 1.29 bits per heavy atom. The van der Waals surface area contributed by atoms with Crippen molar-refractivity contribution in [3.05, 3.63) is 45.8 Å². The van der Waals surface area contributed by atoms with Crippen LogP contribution < -0.4 is 10.1 Å². The van der Waals surface area contributed by atoms with E-state index in [9.17, 15) is 0 Å². The van der Waals surface area contributed by atoms with Crippen LogP contribution in [0.5, 0.6) is 5.75 Å². The summed E-state index contributed by atoms with van der Waals surface area (Å²) < 4.78 is 17.0. The van der Waals surface area contributed by atoms with Crippen LogP contribution in [0.2, 0.25) is 0 Å². The monoisotopic (exact) mass is 354 g/mol. The van der Waals surface area contributed by atoms with Crippen LogP contribution in [0.15, 0.2) is 33.3 Å². The molecule has 1 aromatic heterocycles. The van der Waals surface area contributed by atoms with Gasteiger partial charge in [-0.3, -0.25) is 0 Å². The molecule has 2 rings (SSSR count). The van der Waals surface area contributed by atoms with E-state index >= 15 is 0 Å². The van der Waals surface area contributed by atoms with E-state index < -0.39 is 0 Å². The number of nitrogens with zero attached hydrogens (tertiary/aromatic N) is 1. The van der Waals surface area contributed by atoms with Gasteiger partial charge in [0.1, 0.15) is 24.7 Å². The third kappa shape index (κ3) is 4.84. The summed E-state index contributed by atoms with van der Waals surface area (Å²) in [6, 6.07) is 7.81. The summed E-state index contributed by atoms with van der Waals surface area (Å²) in [5.41, 5.74) is 1.85. The first-order valence-electron chi connectivity index (χ1n) is 6.78. The van der Waals surface area contributed by atoms with Crippen molar-refractivity contribution in [2.45, 2.75) is 26.7 Å². The zero-order chi connectivity index (χ0) is 15.1. The highest BCUT2D eigenvalue weighted by atomic mass is 79.9. The molecule has 5 nitrogen and oxygen atoms in total. The zero-order valence-electron chi connectivity index (χ0n) is 12.2. The third-order valence-electron chi connectivity index (χ3n) is 2.86. The summed E-state index contributed by atoms with van der Waals surface area (Å²) in [5.74, 6) is 1.54. The van der Waals surface area contributed by atoms with Gasteiger partial charge in [0.05, 0.1) is 0 Å². The van der Waals surface area contributed by atoms with Gasteiger partial charge in [-0.1, -0.05) is 28.0 Å². The molecule has 0 unspecified atom stereocenters. The number of methoxy groups -OCH3 is 1. The van der Waals surface area contributed by atoms with Crippen LogP contribution in [-0.4, -0.2) is 18.8 Å². The van der Waals surface area contributed by atoms with Crippen molar-refractivity contribution >= 4 is 15.9 Å². The second kappa shape index (κ2) is 8.17. The molecule has 114 valence electrons. The average Bonchev–Trinajstić information content (AvgIpc) is 2.92. The standard InChI is InChI=1S/C15H19BrN2O3/c1-3-17-8-11-6-12(16)4-5-15(11)20-9-13-7-14(10-19-2)21-18-13/h4-7,17H,3,8-10H2,1-2H3. The summed E-state index contributed by atoms with van der Waals surface area (Å²) in [7, 11) is 1.62. The molecule has 2 aromatic rings. The quantitative estimate of drug-likeness (QED) is 0.788. The molecule has 0 atom stereocenters. The van der Waals surface area contributed by atoms with E-state index in [2.05, 4.69) is 39.4 Å². The van der Waals surface area contributed by atoms with Crippen LogP contribution in [-0.2, 0) is 24.5 Å². The number of benzene rings is 1. The van der Waals surface area contributed by atoms with Crippen molar-refractivity contribution < 1.29 is 14.0 Å². The predicted molar refractivity (Wildman–Crippen MR) is 83.1 cm³/mol. The van der Waals surface area contributed by atoms with Crippen LogP contribution >= 0.6 is 15.9 Å². The predicted octanol–water partition coefficient (Wildman–Crippen LogP) is 3.27. The smallest absolute Gasteiger partial charge is 0.162 e. The second-order valence-corrected chi connectivity index (χ2v) is 5.45. The van der Waals surface area contributed by atoms with Gasteiger partial charge in [-0.25, -0.2) is 0 Å². The minimum atomic E-state index is 0.369. The van der Waals surface area contributed by atoms with Gasteiger partial charge in [-0.2, -0.15) is 0 Å². The Hall–Kier alpha value is -1.37. The Labute approximate surface area is 132 Å². The van der Waals surface area contributed by atoms with Gasteiger partial charge in [0.15, 0.2) is 5.76 Å². The summed E-state index contributed by atoms with van der Waals surface area (Å²) in [6.07, 6.45) is 0. The fourth-order valence-electron chi connectivity index (χ4n) is 1.87. The molecular formula is C15H19BrN2O3. The minimum absolute atomic E-state index is 0.369. The van der Waals surface area contributed by atoms with Gasteiger partial charge < -0.3 is 19.3 Å². The molecular weight excluding hydrogens is 336 g/mol. The molecule has 1 aromatic carbocycles. The van der Waals surface area contributed by atoms with E-state index in [-0.39, 0.29) is 0 Å². The highest BCUT2D eigenvalue weighted by Crippen LogP contribution is 2.24. The molecule has 0 spiro atoms. The second-order valence-electron chi connectivity index (χ2n) is 4.54. The topological polar surface area (TPSA) is 56.5 Å². The summed E-state index contributed by atoms with van der Waals surface area (Å²) in [5, 5.41) is 7.25. The Kier molecular flexibility index (Phi) is 6.22. The number of ether oxygens (including phenoxy) is 2. The number of hydrogen-bond donors (Lipinski definition) is 1. The Morgan fingerprint density at radius 3 is 2.90 bits per heavy atom. The fourth-order valence-corrected chi connectivity index (χ4v) is 2.28. The lowest BCUT2D eigenvalue weighted by atomic mass is 10.2. The minimum Gasteiger partial charge on any atom is -0.487 e. The highest BCUT2D eigenvalue weighted by Gasteiger charge is 2.08. The molecule has 0 fully saturated rings. The molecule has 6 heteroatoms. The maximum absolute atomic E-state index is 5.84. The Bertz CT molecular complexity index is 572. The summed E-state index contributed by atoms with van der Waals surface area (Å²) >= 11 is 3.48. The van der Waals surface area contributed by atoms with Crippen molar-refractivity contribution in [3.8, 4) is 5.75 Å². The Morgan fingerprint density at radius 2 is 2.14 bits per heavy atom. The van der Waals surface area contributed by atoms with Gasteiger partial charge in [-0.05, 0) is 24.7 Å². The first-order valence-corrected chi connectivity index (χ1v) is 7.57.